The molecule has 0 saturated heterocycles. The smallest absolute Gasteiger partial charge is 0.408 e. The van der Waals surface area contributed by atoms with Gasteiger partial charge in [0.15, 0.2) is 0 Å². The Balaban J connectivity index is 2.84. The first-order chi connectivity index (χ1) is 10.2. The number of nitrogens with zero attached hydrogens (tertiary/aromatic N) is 1. The van der Waals surface area contributed by atoms with Crippen LogP contribution in [0.15, 0.2) is 30.3 Å². The number of alkyl carbamates (subject to hydrolysis) is 1. The fraction of sp³-hybridized carbons (Fsp3) is 0.500. The molecule has 0 aromatic heterocycles. The summed E-state index contributed by atoms with van der Waals surface area (Å²) in [5, 5.41) is 3.87. The van der Waals surface area contributed by atoms with Crippen molar-refractivity contribution in [2.24, 2.45) is 0 Å². The van der Waals surface area contributed by atoms with Gasteiger partial charge in [-0.1, -0.05) is 30.3 Å². The van der Waals surface area contributed by atoms with Gasteiger partial charge < -0.3 is 10.1 Å². The molecule has 0 aliphatic carbocycles. The standard InChI is InChI=1S/C16H24N2O4/c1-16(2,3)22-15(20)17-13(11-14(19)18(4)21-5)12-9-7-6-8-10-12/h6-10,13H,11H2,1-5H3,(H,17,20)/t13-/m0/s1. The molecule has 0 bridgehead atoms. The maximum absolute atomic E-state index is 12.0. The number of carbonyl (C=O) groups is 2. The lowest BCUT2D eigenvalue weighted by molar-refractivity contribution is -0.169. The molecule has 0 heterocycles. The quantitative estimate of drug-likeness (QED) is 0.849. The lowest BCUT2D eigenvalue weighted by Crippen LogP contribution is -2.37. The second kappa shape index (κ2) is 7.79. The summed E-state index contributed by atoms with van der Waals surface area (Å²) in [7, 11) is 2.94. The zero-order valence-electron chi connectivity index (χ0n) is 13.8. The Kier molecular flexibility index (Phi) is 6.37. The van der Waals surface area contributed by atoms with E-state index in [1.165, 1.54) is 14.2 Å². The summed E-state index contributed by atoms with van der Waals surface area (Å²) in [6.45, 7) is 5.36. The van der Waals surface area contributed by atoms with Crippen LogP contribution in [-0.2, 0) is 14.4 Å². The summed E-state index contributed by atoms with van der Waals surface area (Å²) in [6.07, 6.45) is -0.484. The van der Waals surface area contributed by atoms with E-state index in [9.17, 15) is 9.59 Å². The van der Waals surface area contributed by atoms with Gasteiger partial charge in [0.25, 0.3) is 0 Å². The molecule has 0 aliphatic rings. The molecule has 0 fully saturated rings. The van der Waals surface area contributed by atoms with Crippen molar-refractivity contribution in [3.05, 3.63) is 35.9 Å². The Bertz CT molecular complexity index is 497. The average Bonchev–Trinajstić information content (AvgIpc) is 2.44. The Labute approximate surface area is 131 Å². The molecule has 6 nitrogen and oxygen atoms in total. The second-order valence-electron chi connectivity index (χ2n) is 5.89. The maximum atomic E-state index is 12.0. The molecule has 0 saturated carbocycles. The SMILES string of the molecule is CON(C)C(=O)C[C@H](NC(=O)OC(C)(C)C)c1ccccc1. The van der Waals surface area contributed by atoms with Crippen LogP contribution >= 0.6 is 0 Å². The summed E-state index contributed by atoms with van der Waals surface area (Å²) in [4.78, 5) is 28.9. The zero-order chi connectivity index (χ0) is 16.8. The van der Waals surface area contributed by atoms with E-state index in [-0.39, 0.29) is 12.3 Å². The molecule has 0 spiro atoms. The predicted octanol–water partition coefficient (Wildman–Crippen LogP) is 2.66. The number of rotatable bonds is 5. The number of nitrogens with one attached hydrogen (secondary N) is 1. The van der Waals surface area contributed by atoms with Gasteiger partial charge in [0, 0.05) is 7.05 Å². The molecular formula is C16H24N2O4. The number of hydrogen-bond acceptors (Lipinski definition) is 4. The fourth-order valence-electron chi connectivity index (χ4n) is 1.79. The van der Waals surface area contributed by atoms with Crippen molar-refractivity contribution in [1.82, 2.24) is 10.4 Å². The van der Waals surface area contributed by atoms with E-state index in [2.05, 4.69) is 5.32 Å². The average molecular weight is 308 g/mol. The first kappa shape index (κ1) is 18.0. The summed E-state index contributed by atoms with van der Waals surface area (Å²) in [5.41, 5.74) is 0.227. The molecule has 1 N–H and O–H groups in total. The lowest BCUT2D eigenvalue weighted by atomic mass is 10.0. The van der Waals surface area contributed by atoms with Crippen molar-refractivity contribution >= 4 is 12.0 Å². The molecule has 0 radical (unpaired) electrons. The third kappa shape index (κ3) is 6.13. The van der Waals surface area contributed by atoms with Gasteiger partial charge >= 0.3 is 6.09 Å². The van der Waals surface area contributed by atoms with Crippen LogP contribution in [0.1, 0.15) is 38.8 Å². The van der Waals surface area contributed by atoms with E-state index in [1.54, 1.807) is 20.8 Å². The summed E-state index contributed by atoms with van der Waals surface area (Å²) < 4.78 is 5.25. The first-order valence-electron chi connectivity index (χ1n) is 7.08. The van der Waals surface area contributed by atoms with E-state index in [0.29, 0.717) is 0 Å². The Morgan fingerprint density at radius 2 is 1.82 bits per heavy atom. The summed E-state index contributed by atoms with van der Waals surface area (Å²) in [5.74, 6) is -0.243. The number of benzene rings is 1. The normalized spacial score (nSPS) is 12.4. The molecule has 0 aliphatic heterocycles. The fourth-order valence-corrected chi connectivity index (χ4v) is 1.79. The van der Waals surface area contributed by atoms with Crippen molar-refractivity contribution in [1.29, 1.82) is 0 Å². The number of ether oxygens (including phenoxy) is 1. The van der Waals surface area contributed by atoms with Crippen molar-refractivity contribution < 1.29 is 19.2 Å². The lowest BCUT2D eigenvalue weighted by Gasteiger charge is -2.24. The minimum absolute atomic E-state index is 0.0770. The molecule has 0 unspecified atom stereocenters. The number of hydroxylamine groups is 2. The van der Waals surface area contributed by atoms with Gasteiger partial charge in [0.1, 0.15) is 5.60 Å². The third-order valence-corrected chi connectivity index (χ3v) is 2.90. The minimum atomic E-state index is -0.599. The highest BCUT2D eigenvalue weighted by Gasteiger charge is 2.23. The Morgan fingerprint density at radius 1 is 1.23 bits per heavy atom. The highest BCUT2D eigenvalue weighted by atomic mass is 16.7. The first-order valence-corrected chi connectivity index (χ1v) is 7.08. The van der Waals surface area contributed by atoms with Gasteiger partial charge in [-0.3, -0.25) is 9.63 Å². The van der Waals surface area contributed by atoms with Crippen molar-refractivity contribution in [3.8, 4) is 0 Å². The molecule has 1 rings (SSSR count). The van der Waals surface area contributed by atoms with Crippen LogP contribution in [0.4, 0.5) is 4.79 Å². The van der Waals surface area contributed by atoms with E-state index >= 15 is 0 Å². The number of amides is 2. The highest BCUT2D eigenvalue weighted by molar-refractivity contribution is 5.77. The summed E-state index contributed by atoms with van der Waals surface area (Å²) in [6, 6.07) is 8.79. The van der Waals surface area contributed by atoms with Crippen LogP contribution in [0.5, 0.6) is 0 Å². The molecule has 2 amide bonds. The van der Waals surface area contributed by atoms with Crippen molar-refractivity contribution in [2.45, 2.75) is 38.8 Å². The largest absolute Gasteiger partial charge is 0.444 e. The van der Waals surface area contributed by atoms with E-state index in [4.69, 9.17) is 9.57 Å². The van der Waals surface area contributed by atoms with Gasteiger partial charge in [-0.25, -0.2) is 9.86 Å². The van der Waals surface area contributed by atoms with Gasteiger partial charge in [-0.2, -0.15) is 0 Å². The Hall–Kier alpha value is -2.08. The minimum Gasteiger partial charge on any atom is -0.444 e. The predicted molar refractivity (Wildman–Crippen MR) is 82.9 cm³/mol. The molecule has 1 aromatic rings. The monoisotopic (exact) mass is 308 g/mol. The molecule has 1 atom stereocenters. The van der Waals surface area contributed by atoms with Crippen LogP contribution < -0.4 is 5.32 Å². The maximum Gasteiger partial charge on any atom is 0.408 e. The van der Waals surface area contributed by atoms with Crippen LogP contribution in [0.25, 0.3) is 0 Å². The Morgan fingerprint density at radius 3 is 2.32 bits per heavy atom. The summed E-state index contributed by atoms with van der Waals surface area (Å²) >= 11 is 0. The molecular weight excluding hydrogens is 284 g/mol. The molecule has 122 valence electrons. The van der Waals surface area contributed by atoms with Crippen molar-refractivity contribution in [2.75, 3.05) is 14.2 Å². The van der Waals surface area contributed by atoms with Crippen LogP contribution in [0.3, 0.4) is 0 Å². The van der Waals surface area contributed by atoms with Crippen LogP contribution in [-0.4, -0.2) is 36.8 Å². The van der Waals surface area contributed by atoms with Crippen molar-refractivity contribution in [3.63, 3.8) is 0 Å². The molecule has 22 heavy (non-hydrogen) atoms. The second-order valence-corrected chi connectivity index (χ2v) is 5.89. The van der Waals surface area contributed by atoms with Gasteiger partial charge in [0.2, 0.25) is 5.91 Å². The molecule has 6 heteroatoms. The van der Waals surface area contributed by atoms with Gasteiger partial charge in [0.05, 0.1) is 19.6 Å². The van der Waals surface area contributed by atoms with Gasteiger partial charge in [-0.15, -0.1) is 0 Å². The highest BCUT2D eigenvalue weighted by Crippen LogP contribution is 2.19. The zero-order valence-corrected chi connectivity index (χ0v) is 13.8. The number of hydrogen-bond donors (Lipinski definition) is 1. The number of carbonyl (C=O) groups excluding carboxylic acids is 2. The van der Waals surface area contributed by atoms with Crippen LogP contribution in [0, 0.1) is 0 Å². The van der Waals surface area contributed by atoms with Gasteiger partial charge in [-0.05, 0) is 26.3 Å². The van der Waals surface area contributed by atoms with E-state index < -0.39 is 17.7 Å². The van der Waals surface area contributed by atoms with E-state index in [0.717, 1.165) is 10.6 Å². The topological polar surface area (TPSA) is 67.9 Å². The van der Waals surface area contributed by atoms with E-state index in [1.807, 2.05) is 30.3 Å². The third-order valence-electron chi connectivity index (χ3n) is 2.90. The molecule has 1 aromatic carbocycles. The van der Waals surface area contributed by atoms with Crippen LogP contribution in [0.2, 0.25) is 0 Å².